The Kier molecular flexibility index (Phi) is 9.34. The molecule has 228 valence electrons. The van der Waals surface area contributed by atoms with Gasteiger partial charge in [-0.05, 0) is 64.4 Å². The highest BCUT2D eigenvalue weighted by atomic mass is 16.6. The summed E-state index contributed by atoms with van der Waals surface area (Å²) >= 11 is 0. The number of hydrogen-bond acceptors (Lipinski definition) is 8. The van der Waals surface area contributed by atoms with Gasteiger partial charge >= 0.3 is 5.97 Å². The lowest BCUT2D eigenvalue weighted by molar-refractivity contribution is -0.156. The molecule has 2 aromatic rings. The van der Waals surface area contributed by atoms with Gasteiger partial charge in [-0.15, -0.1) is 0 Å². The van der Waals surface area contributed by atoms with Crippen LogP contribution in [0.4, 0.5) is 0 Å². The van der Waals surface area contributed by atoms with E-state index < -0.39 is 35.6 Å². The normalized spacial score (nSPS) is 33.5. The summed E-state index contributed by atoms with van der Waals surface area (Å²) in [6.45, 7) is 12.7. The SMILES string of the molecule is Cc1nc2cc(C3CC4OC4(C)CCCC(C)C(O)C(C)C(=O)C(C)(C)C(O)CC(=O)O3)ccc2n1CCN(C)C. The topological polar surface area (TPSA) is 117 Å². The molecule has 0 saturated carbocycles. The number of likely N-dealkylation sites (N-methyl/N-ethyl adjacent to an activating group) is 1. The minimum Gasteiger partial charge on any atom is -0.457 e. The Bertz CT molecular complexity index is 1260. The number of carbonyl (C=O) groups is 2. The maximum atomic E-state index is 13.4. The molecule has 7 atom stereocenters. The van der Waals surface area contributed by atoms with E-state index in [4.69, 9.17) is 14.5 Å². The second-order valence-electron chi connectivity index (χ2n) is 13.5. The van der Waals surface area contributed by atoms with E-state index in [-0.39, 0.29) is 29.8 Å². The molecule has 2 N–H and O–H groups in total. The van der Waals surface area contributed by atoms with Gasteiger partial charge in [0.25, 0.3) is 0 Å². The van der Waals surface area contributed by atoms with Gasteiger partial charge in [0.2, 0.25) is 0 Å². The van der Waals surface area contributed by atoms with Crippen LogP contribution in [0.15, 0.2) is 18.2 Å². The van der Waals surface area contributed by atoms with E-state index in [2.05, 4.69) is 16.4 Å². The molecule has 2 fully saturated rings. The Morgan fingerprint density at radius 3 is 2.54 bits per heavy atom. The second-order valence-corrected chi connectivity index (χ2v) is 13.5. The van der Waals surface area contributed by atoms with Crippen LogP contribution >= 0.6 is 0 Å². The quantitative estimate of drug-likeness (QED) is 0.414. The first-order chi connectivity index (χ1) is 19.1. The van der Waals surface area contributed by atoms with Crippen molar-refractivity contribution in [1.29, 1.82) is 0 Å². The summed E-state index contributed by atoms with van der Waals surface area (Å²) < 4.78 is 14.4. The number of esters is 1. The number of aliphatic hydroxyl groups is 2. The zero-order valence-corrected chi connectivity index (χ0v) is 26.0. The van der Waals surface area contributed by atoms with Gasteiger partial charge in [0, 0.05) is 25.4 Å². The van der Waals surface area contributed by atoms with Crippen molar-refractivity contribution >= 4 is 22.8 Å². The predicted octanol–water partition coefficient (Wildman–Crippen LogP) is 4.20. The highest BCUT2D eigenvalue weighted by Gasteiger charge is 2.53. The van der Waals surface area contributed by atoms with Crippen LogP contribution in [0, 0.1) is 24.2 Å². The summed E-state index contributed by atoms with van der Waals surface area (Å²) in [4.78, 5) is 33.5. The van der Waals surface area contributed by atoms with Gasteiger partial charge in [0.15, 0.2) is 0 Å². The number of aliphatic hydroxyl groups excluding tert-OH is 2. The molecular weight excluding hydrogens is 522 g/mol. The number of carbonyl (C=O) groups excluding carboxylic acids is 2. The third kappa shape index (κ3) is 6.85. The molecule has 0 bridgehead atoms. The number of aryl methyl sites for hydroxylation is 1. The van der Waals surface area contributed by atoms with E-state index in [9.17, 15) is 19.8 Å². The molecule has 4 rings (SSSR count). The van der Waals surface area contributed by atoms with Gasteiger partial charge in [0.05, 0.1) is 46.8 Å². The molecule has 0 spiro atoms. The summed E-state index contributed by atoms with van der Waals surface area (Å²) in [7, 11) is 4.09. The Morgan fingerprint density at radius 1 is 1.15 bits per heavy atom. The Hall–Kier alpha value is -2.33. The van der Waals surface area contributed by atoms with Gasteiger partial charge in [-0.1, -0.05) is 40.2 Å². The number of ketones is 1. The fraction of sp³-hybridized carbons (Fsp3) is 0.719. The van der Waals surface area contributed by atoms with Crippen LogP contribution in [-0.4, -0.2) is 81.0 Å². The maximum absolute atomic E-state index is 13.4. The van der Waals surface area contributed by atoms with Crippen molar-refractivity contribution in [3.8, 4) is 0 Å². The highest BCUT2D eigenvalue weighted by molar-refractivity contribution is 5.88. The van der Waals surface area contributed by atoms with Crippen LogP contribution in [0.3, 0.4) is 0 Å². The van der Waals surface area contributed by atoms with E-state index in [0.29, 0.717) is 6.42 Å². The summed E-state index contributed by atoms with van der Waals surface area (Å²) in [5, 5.41) is 21.9. The van der Waals surface area contributed by atoms with Gasteiger partial charge in [-0.3, -0.25) is 9.59 Å². The standard InChI is InChI=1S/C32H49N3O6/c1-19-10-9-13-32(6)27(41-32)17-25(40-28(37)18-26(36)31(4,5)30(39)20(2)29(19)38)22-11-12-24-23(16-22)33-21(3)35(24)15-14-34(7)8/h11-12,16,19-20,25-27,29,36,38H,9-10,13-15,17-18H2,1-8H3. The first-order valence-electron chi connectivity index (χ1n) is 15.0. The number of Topliss-reactive ketones (excluding diaryl/α,β-unsaturated/α-hetero) is 1. The largest absolute Gasteiger partial charge is 0.457 e. The van der Waals surface area contributed by atoms with E-state index in [1.54, 1.807) is 20.8 Å². The molecule has 41 heavy (non-hydrogen) atoms. The molecule has 7 unspecified atom stereocenters. The maximum Gasteiger partial charge on any atom is 0.309 e. The number of benzene rings is 1. The minimum absolute atomic E-state index is 0.0783. The fourth-order valence-electron chi connectivity index (χ4n) is 6.27. The first kappa shape index (κ1) is 31.6. The van der Waals surface area contributed by atoms with Crippen LogP contribution in [-0.2, 0) is 25.6 Å². The number of epoxide rings is 1. The molecule has 0 aliphatic carbocycles. The van der Waals surface area contributed by atoms with E-state index in [0.717, 1.165) is 54.8 Å². The Morgan fingerprint density at radius 2 is 1.85 bits per heavy atom. The minimum atomic E-state index is -1.25. The first-order valence-corrected chi connectivity index (χ1v) is 15.0. The third-order valence-corrected chi connectivity index (χ3v) is 9.51. The summed E-state index contributed by atoms with van der Waals surface area (Å²) in [6, 6.07) is 6.00. The molecule has 1 aromatic heterocycles. The molecule has 0 radical (unpaired) electrons. The number of hydrogen-bond donors (Lipinski definition) is 2. The van der Waals surface area contributed by atoms with Crippen molar-refractivity contribution in [2.75, 3.05) is 20.6 Å². The number of cyclic esters (lactones) is 1. The lowest BCUT2D eigenvalue weighted by atomic mass is 9.73. The molecule has 2 aliphatic heterocycles. The number of rotatable bonds is 4. The molecule has 9 nitrogen and oxygen atoms in total. The number of ether oxygens (including phenoxy) is 2. The molecule has 2 aliphatic rings. The summed E-state index contributed by atoms with van der Waals surface area (Å²) in [6.07, 6.45) is -0.145. The van der Waals surface area contributed by atoms with Crippen LogP contribution in [0.1, 0.15) is 84.2 Å². The van der Waals surface area contributed by atoms with Crippen molar-refractivity contribution in [2.24, 2.45) is 17.3 Å². The Balaban J connectivity index is 1.62. The lowest BCUT2D eigenvalue weighted by Gasteiger charge is -2.34. The van der Waals surface area contributed by atoms with E-state index in [1.165, 1.54) is 0 Å². The van der Waals surface area contributed by atoms with Gasteiger partial charge in [-0.25, -0.2) is 4.98 Å². The van der Waals surface area contributed by atoms with Crippen LogP contribution in [0.25, 0.3) is 11.0 Å². The van der Waals surface area contributed by atoms with E-state index >= 15 is 0 Å². The van der Waals surface area contributed by atoms with Crippen molar-refractivity contribution in [3.05, 3.63) is 29.6 Å². The molecule has 2 saturated heterocycles. The van der Waals surface area contributed by atoms with Crippen LogP contribution < -0.4 is 0 Å². The van der Waals surface area contributed by atoms with Crippen LogP contribution in [0.5, 0.6) is 0 Å². The Labute approximate surface area is 244 Å². The number of fused-ring (bicyclic) bond motifs is 2. The van der Waals surface area contributed by atoms with Crippen LogP contribution in [0.2, 0.25) is 0 Å². The van der Waals surface area contributed by atoms with Gasteiger partial charge in [-0.2, -0.15) is 0 Å². The highest BCUT2D eigenvalue weighted by Crippen LogP contribution is 2.46. The predicted molar refractivity (Wildman–Crippen MR) is 157 cm³/mol. The average molecular weight is 572 g/mol. The van der Waals surface area contributed by atoms with E-state index in [1.807, 2.05) is 46.1 Å². The third-order valence-electron chi connectivity index (χ3n) is 9.51. The second kappa shape index (κ2) is 12.1. The number of aromatic nitrogens is 2. The van der Waals surface area contributed by atoms with Crippen molar-refractivity contribution in [1.82, 2.24) is 14.5 Å². The monoisotopic (exact) mass is 571 g/mol. The average Bonchev–Trinajstić information content (AvgIpc) is 3.42. The number of nitrogens with zero attached hydrogens (tertiary/aromatic N) is 3. The van der Waals surface area contributed by atoms with Crippen molar-refractivity contribution in [2.45, 2.75) is 110 Å². The van der Waals surface area contributed by atoms with Gasteiger partial charge < -0.3 is 29.2 Å². The van der Waals surface area contributed by atoms with Crippen molar-refractivity contribution < 1.29 is 29.3 Å². The van der Waals surface area contributed by atoms with Gasteiger partial charge in [0.1, 0.15) is 17.7 Å². The fourth-order valence-corrected chi connectivity index (χ4v) is 6.27. The molecular formula is C32H49N3O6. The lowest BCUT2D eigenvalue weighted by Crippen LogP contribution is -2.45. The molecule has 1 aromatic carbocycles. The summed E-state index contributed by atoms with van der Waals surface area (Å²) in [5.74, 6) is -0.660. The van der Waals surface area contributed by atoms with Crippen molar-refractivity contribution in [3.63, 3.8) is 0 Å². The summed E-state index contributed by atoms with van der Waals surface area (Å²) in [5.41, 5.74) is 1.15. The zero-order chi connectivity index (χ0) is 30.3. The molecule has 0 amide bonds. The zero-order valence-electron chi connectivity index (χ0n) is 26.0. The number of imidazole rings is 1. The molecule has 9 heteroatoms. The smallest absolute Gasteiger partial charge is 0.309 e. The molecule has 3 heterocycles.